The zero-order chi connectivity index (χ0) is 12.3. The number of pyridine rings is 1. The highest BCUT2D eigenvalue weighted by molar-refractivity contribution is 8.93. The third kappa shape index (κ3) is 3.63. The zero-order valence-electron chi connectivity index (χ0n) is 9.38. The number of aromatic nitrogens is 1. The molecule has 0 saturated heterocycles. The predicted octanol–water partition coefficient (Wildman–Crippen LogP) is 1.65. The lowest BCUT2D eigenvalue weighted by atomic mass is 10.1. The molecule has 0 aliphatic carbocycles. The number of hydrogen-bond donors (Lipinski definition) is 0. The van der Waals surface area contributed by atoms with E-state index in [0.717, 1.165) is 0 Å². The minimum atomic E-state index is -0.379. The Hall–Kier alpha value is -1.75. The maximum absolute atomic E-state index is 12.7. The van der Waals surface area contributed by atoms with E-state index < -0.39 is 0 Å². The number of nitrogens with zero attached hydrogens (tertiary/aromatic N) is 1. The second-order valence-corrected chi connectivity index (χ2v) is 3.64. The molecule has 0 saturated carbocycles. The van der Waals surface area contributed by atoms with E-state index >= 15 is 0 Å². The third-order valence-electron chi connectivity index (χ3n) is 2.32. The van der Waals surface area contributed by atoms with Crippen molar-refractivity contribution in [1.29, 1.82) is 0 Å². The van der Waals surface area contributed by atoms with E-state index in [4.69, 9.17) is 0 Å². The number of Topliss-reactive ketones (excluding diaryl/α,β-unsaturated/α-hetero) is 1. The van der Waals surface area contributed by atoms with E-state index in [-0.39, 0.29) is 40.9 Å². The second-order valence-electron chi connectivity index (χ2n) is 3.64. The summed E-state index contributed by atoms with van der Waals surface area (Å²) in [5, 5.41) is 11.1. The van der Waals surface area contributed by atoms with Crippen LogP contribution in [0.1, 0.15) is 10.4 Å². The van der Waals surface area contributed by atoms with Crippen molar-refractivity contribution in [2.75, 3.05) is 0 Å². The molecule has 2 aromatic rings. The van der Waals surface area contributed by atoms with Gasteiger partial charge < -0.3 is 5.11 Å². The van der Waals surface area contributed by atoms with Crippen LogP contribution in [-0.4, -0.2) is 5.78 Å². The van der Waals surface area contributed by atoms with Gasteiger partial charge in [-0.25, -0.2) is 4.39 Å². The molecule has 2 rings (SSSR count). The lowest BCUT2D eigenvalue weighted by Crippen LogP contribution is -2.37. The zero-order valence-corrected chi connectivity index (χ0v) is 11.1. The molecule has 3 nitrogen and oxygen atoms in total. The van der Waals surface area contributed by atoms with Crippen molar-refractivity contribution in [3.8, 4) is 5.75 Å². The Morgan fingerprint density at radius 1 is 1.22 bits per heavy atom. The first-order valence-corrected chi connectivity index (χ1v) is 5.10. The molecule has 0 radical (unpaired) electrons. The fraction of sp³-hybridized carbons (Fsp3) is 0.0769. The van der Waals surface area contributed by atoms with Gasteiger partial charge in [-0.3, -0.25) is 4.79 Å². The summed E-state index contributed by atoms with van der Waals surface area (Å²) in [6, 6.07) is 8.33. The average molecular weight is 312 g/mol. The SMILES string of the molecule is Br.O=C(C[n+]1cccc([O-])c1)c1ccc(F)cc1. The summed E-state index contributed by atoms with van der Waals surface area (Å²) >= 11 is 0. The first-order valence-electron chi connectivity index (χ1n) is 5.10. The normalized spacial score (nSPS) is 9.61. The summed E-state index contributed by atoms with van der Waals surface area (Å²) in [7, 11) is 0. The standard InChI is InChI=1S/C13H10FNO2.BrH/c14-11-5-3-10(4-6-11)13(17)9-15-7-1-2-12(16)8-15;/h1-8H,9H2;1H. The van der Waals surface area contributed by atoms with E-state index in [1.54, 1.807) is 12.3 Å². The highest BCUT2D eigenvalue weighted by Gasteiger charge is 2.11. The van der Waals surface area contributed by atoms with Gasteiger partial charge in [0.2, 0.25) is 12.3 Å². The van der Waals surface area contributed by atoms with Gasteiger partial charge in [-0.15, -0.1) is 17.0 Å². The summed E-state index contributed by atoms with van der Waals surface area (Å²) in [6.45, 7) is 0.0711. The van der Waals surface area contributed by atoms with Crippen molar-refractivity contribution in [3.63, 3.8) is 0 Å². The Morgan fingerprint density at radius 2 is 1.89 bits per heavy atom. The quantitative estimate of drug-likeness (QED) is 0.639. The van der Waals surface area contributed by atoms with Gasteiger partial charge in [0.15, 0.2) is 12.4 Å². The highest BCUT2D eigenvalue weighted by Crippen LogP contribution is 2.04. The number of rotatable bonds is 3. The monoisotopic (exact) mass is 311 g/mol. The molecule has 0 aliphatic rings. The maximum Gasteiger partial charge on any atom is 0.227 e. The lowest BCUT2D eigenvalue weighted by molar-refractivity contribution is -0.685. The Morgan fingerprint density at radius 3 is 2.50 bits per heavy atom. The van der Waals surface area contributed by atoms with Crippen LogP contribution < -0.4 is 9.67 Å². The van der Waals surface area contributed by atoms with Crippen LogP contribution in [0, 0.1) is 5.82 Å². The summed E-state index contributed by atoms with van der Waals surface area (Å²) in [4.78, 5) is 11.8. The molecule has 0 amide bonds. The van der Waals surface area contributed by atoms with Crippen molar-refractivity contribution in [2.45, 2.75) is 6.54 Å². The van der Waals surface area contributed by atoms with Crippen LogP contribution in [0.2, 0.25) is 0 Å². The number of ketones is 1. The first-order chi connectivity index (χ1) is 8.15. The number of hydrogen-bond acceptors (Lipinski definition) is 2. The molecule has 1 aromatic heterocycles. The third-order valence-corrected chi connectivity index (χ3v) is 2.32. The average Bonchev–Trinajstić information content (AvgIpc) is 2.29. The molecular weight excluding hydrogens is 301 g/mol. The van der Waals surface area contributed by atoms with Crippen LogP contribution >= 0.6 is 17.0 Å². The molecule has 1 heterocycles. The van der Waals surface area contributed by atoms with Crippen LogP contribution in [0.15, 0.2) is 48.8 Å². The van der Waals surface area contributed by atoms with Gasteiger partial charge in [-0.05, 0) is 30.0 Å². The predicted molar refractivity (Wildman–Crippen MR) is 67.1 cm³/mol. The summed E-state index contributed by atoms with van der Waals surface area (Å²) in [5.74, 6) is -0.698. The molecule has 1 aromatic carbocycles. The van der Waals surface area contributed by atoms with Crippen molar-refractivity contribution < 1.29 is 18.9 Å². The van der Waals surface area contributed by atoms with E-state index in [1.807, 2.05) is 0 Å². The van der Waals surface area contributed by atoms with Gasteiger partial charge in [-0.1, -0.05) is 6.07 Å². The van der Waals surface area contributed by atoms with Crippen LogP contribution in [0.5, 0.6) is 5.75 Å². The van der Waals surface area contributed by atoms with Crippen LogP contribution in [0.3, 0.4) is 0 Å². The number of benzene rings is 1. The van der Waals surface area contributed by atoms with Gasteiger partial charge in [0, 0.05) is 11.6 Å². The lowest BCUT2D eigenvalue weighted by Gasteiger charge is -2.02. The molecule has 94 valence electrons. The van der Waals surface area contributed by atoms with Crippen LogP contribution in [0.4, 0.5) is 4.39 Å². The number of halogens is 2. The Balaban J connectivity index is 0.00000162. The van der Waals surface area contributed by atoms with E-state index in [0.29, 0.717) is 5.56 Å². The summed E-state index contributed by atoms with van der Waals surface area (Å²) in [6.07, 6.45) is 2.99. The smallest absolute Gasteiger partial charge is 0.227 e. The van der Waals surface area contributed by atoms with Crippen molar-refractivity contribution >= 4 is 22.8 Å². The van der Waals surface area contributed by atoms with Crippen molar-refractivity contribution in [1.82, 2.24) is 0 Å². The maximum atomic E-state index is 12.7. The minimum Gasteiger partial charge on any atom is -0.868 e. The van der Waals surface area contributed by atoms with Gasteiger partial charge in [-0.2, -0.15) is 4.57 Å². The van der Waals surface area contributed by atoms with Gasteiger partial charge in [0.05, 0.1) is 0 Å². The van der Waals surface area contributed by atoms with Gasteiger partial charge in [0.1, 0.15) is 5.82 Å². The molecule has 0 N–H and O–H groups in total. The fourth-order valence-electron chi connectivity index (χ4n) is 1.49. The molecule has 0 aliphatic heterocycles. The molecule has 18 heavy (non-hydrogen) atoms. The fourth-order valence-corrected chi connectivity index (χ4v) is 1.49. The number of carbonyl (C=O) groups excluding carboxylic acids is 1. The molecular formula is C13H11BrFNO2. The van der Waals surface area contributed by atoms with E-state index in [2.05, 4.69) is 0 Å². The molecule has 0 spiro atoms. The molecule has 0 unspecified atom stereocenters. The van der Waals surface area contributed by atoms with Gasteiger partial charge >= 0.3 is 0 Å². The minimum absolute atomic E-state index is 0. The Bertz CT molecular complexity index is 543. The summed E-state index contributed by atoms with van der Waals surface area (Å²) < 4.78 is 14.2. The molecule has 5 heteroatoms. The largest absolute Gasteiger partial charge is 0.868 e. The molecule has 0 fully saturated rings. The van der Waals surface area contributed by atoms with Crippen LogP contribution in [-0.2, 0) is 6.54 Å². The van der Waals surface area contributed by atoms with Crippen LogP contribution in [0.25, 0.3) is 0 Å². The highest BCUT2D eigenvalue weighted by atomic mass is 79.9. The second kappa shape index (κ2) is 6.26. The molecule has 0 bridgehead atoms. The van der Waals surface area contributed by atoms with Crippen molar-refractivity contribution in [2.24, 2.45) is 0 Å². The van der Waals surface area contributed by atoms with E-state index in [1.165, 1.54) is 41.1 Å². The topological polar surface area (TPSA) is 44.0 Å². The van der Waals surface area contributed by atoms with Crippen molar-refractivity contribution in [3.05, 3.63) is 60.2 Å². The Labute approximate surface area is 114 Å². The molecule has 0 atom stereocenters. The summed E-state index contributed by atoms with van der Waals surface area (Å²) in [5.41, 5.74) is 0.426. The Kier molecular flexibility index (Phi) is 4.97. The first kappa shape index (κ1) is 14.3. The van der Waals surface area contributed by atoms with Gasteiger partial charge in [0.25, 0.3) is 0 Å². The van der Waals surface area contributed by atoms with E-state index in [9.17, 15) is 14.3 Å². The number of carbonyl (C=O) groups is 1.